The van der Waals surface area contributed by atoms with Gasteiger partial charge in [-0.15, -0.1) is 5.10 Å². The number of aromatic amines is 1. The molecule has 4 rings (SSSR count). The molecular formula is C29H38N10O3. The third-order valence-corrected chi connectivity index (χ3v) is 6.55. The average Bonchev–Trinajstić information content (AvgIpc) is 3.61. The Morgan fingerprint density at radius 3 is 2.93 bits per heavy atom. The first kappa shape index (κ1) is 30.3. The van der Waals surface area contributed by atoms with Gasteiger partial charge >= 0.3 is 0 Å². The zero-order chi connectivity index (χ0) is 29.9. The monoisotopic (exact) mass is 574 g/mol. The minimum atomic E-state index is -0.424. The van der Waals surface area contributed by atoms with Gasteiger partial charge < -0.3 is 30.9 Å². The SMILES string of the molecule is CCCNc1nc(Nc2cnc3[nH]nc(O)c3c2)ncc1C#CCCCNC(=O)[C@@H]1CCCN1C(=O)/C=C/CN(C)C. The second-order valence-electron chi connectivity index (χ2n) is 10.2. The van der Waals surface area contributed by atoms with E-state index < -0.39 is 6.04 Å². The van der Waals surface area contributed by atoms with Crippen LogP contribution in [0.15, 0.2) is 30.6 Å². The van der Waals surface area contributed by atoms with E-state index in [1.807, 2.05) is 25.1 Å². The van der Waals surface area contributed by atoms with E-state index >= 15 is 0 Å². The lowest BCUT2D eigenvalue weighted by Gasteiger charge is -2.22. The Labute approximate surface area is 245 Å². The largest absolute Gasteiger partial charge is 0.492 e. The molecule has 1 aliphatic rings. The van der Waals surface area contributed by atoms with Crippen LogP contribution in [0.25, 0.3) is 11.0 Å². The predicted molar refractivity (Wildman–Crippen MR) is 161 cm³/mol. The lowest BCUT2D eigenvalue weighted by molar-refractivity contribution is -0.135. The Hall–Kier alpha value is -4.70. The molecule has 1 aliphatic heterocycles. The molecule has 5 N–H and O–H groups in total. The number of amides is 2. The van der Waals surface area contributed by atoms with Gasteiger partial charge in [0.25, 0.3) is 0 Å². The van der Waals surface area contributed by atoms with Gasteiger partial charge in [-0.25, -0.2) is 9.97 Å². The fraction of sp³-hybridized carbons (Fsp3) is 0.448. The minimum Gasteiger partial charge on any atom is -0.492 e. The van der Waals surface area contributed by atoms with Gasteiger partial charge in [0, 0.05) is 38.7 Å². The van der Waals surface area contributed by atoms with Gasteiger partial charge in [-0.05, 0) is 45.8 Å². The summed E-state index contributed by atoms with van der Waals surface area (Å²) in [5.41, 5.74) is 1.75. The first-order valence-electron chi connectivity index (χ1n) is 14.1. The van der Waals surface area contributed by atoms with Crippen molar-refractivity contribution in [1.82, 2.24) is 40.3 Å². The lowest BCUT2D eigenvalue weighted by Crippen LogP contribution is -2.45. The maximum absolute atomic E-state index is 12.7. The van der Waals surface area contributed by atoms with Gasteiger partial charge in [-0.2, -0.15) is 4.98 Å². The van der Waals surface area contributed by atoms with Crippen molar-refractivity contribution in [3.63, 3.8) is 0 Å². The Morgan fingerprint density at radius 1 is 1.26 bits per heavy atom. The average molecular weight is 575 g/mol. The van der Waals surface area contributed by atoms with Gasteiger partial charge in [0.1, 0.15) is 11.9 Å². The number of likely N-dealkylation sites (N-methyl/N-ethyl adjacent to an activating group) is 1. The number of H-pyrrole nitrogens is 1. The van der Waals surface area contributed by atoms with Crippen LogP contribution in [0, 0.1) is 11.8 Å². The van der Waals surface area contributed by atoms with Crippen LogP contribution in [0.1, 0.15) is 44.6 Å². The van der Waals surface area contributed by atoms with Crippen LogP contribution in [0.2, 0.25) is 0 Å². The van der Waals surface area contributed by atoms with E-state index in [2.05, 4.69) is 59.9 Å². The fourth-order valence-electron chi connectivity index (χ4n) is 4.43. The fourth-order valence-corrected chi connectivity index (χ4v) is 4.43. The van der Waals surface area contributed by atoms with Crippen molar-refractivity contribution in [1.29, 1.82) is 0 Å². The van der Waals surface area contributed by atoms with Crippen LogP contribution in [-0.4, -0.2) is 98.2 Å². The van der Waals surface area contributed by atoms with E-state index in [0.717, 1.165) is 19.4 Å². The second kappa shape index (κ2) is 14.8. The Balaban J connectivity index is 1.29. The summed E-state index contributed by atoms with van der Waals surface area (Å²) >= 11 is 0. The summed E-state index contributed by atoms with van der Waals surface area (Å²) in [5, 5.41) is 26.1. The molecule has 4 heterocycles. The van der Waals surface area contributed by atoms with E-state index in [0.29, 0.717) is 72.9 Å². The number of nitrogens with one attached hydrogen (secondary N) is 4. The number of fused-ring (bicyclic) bond motifs is 1. The summed E-state index contributed by atoms with van der Waals surface area (Å²) < 4.78 is 0. The quantitative estimate of drug-likeness (QED) is 0.123. The third-order valence-electron chi connectivity index (χ3n) is 6.55. The molecule has 0 bridgehead atoms. The third kappa shape index (κ3) is 8.17. The maximum Gasteiger partial charge on any atom is 0.246 e. The van der Waals surface area contributed by atoms with E-state index in [-0.39, 0.29) is 17.7 Å². The van der Waals surface area contributed by atoms with Crippen molar-refractivity contribution >= 4 is 40.3 Å². The molecule has 3 aromatic heterocycles. The molecule has 13 nitrogen and oxygen atoms in total. The van der Waals surface area contributed by atoms with Crippen molar-refractivity contribution in [2.75, 3.05) is 50.9 Å². The summed E-state index contributed by atoms with van der Waals surface area (Å²) in [4.78, 5) is 42.1. The molecule has 2 amide bonds. The summed E-state index contributed by atoms with van der Waals surface area (Å²) in [6, 6.07) is 1.29. The van der Waals surface area contributed by atoms with Gasteiger partial charge in [0.05, 0.1) is 29.0 Å². The molecule has 0 aromatic carbocycles. The summed E-state index contributed by atoms with van der Waals surface area (Å²) in [6.45, 7) is 4.54. The van der Waals surface area contributed by atoms with Gasteiger partial charge in [-0.3, -0.25) is 14.7 Å². The molecule has 0 unspecified atom stereocenters. The van der Waals surface area contributed by atoms with Crippen LogP contribution >= 0.6 is 0 Å². The number of nitrogens with zero attached hydrogens (tertiary/aromatic N) is 6. The molecular weight excluding hydrogens is 536 g/mol. The predicted octanol–water partition coefficient (Wildman–Crippen LogP) is 2.38. The van der Waals surface area contributed by atoms with Crippen LogP contribution in [0.4, 0.5) is 17.5 Å². The Bertz CT molecular complexity index is 1470. The molecule has 222 valence electrons. The van der Waals surface area contributed by atoms with Crippen molar-refractivity contribution in [2.45, 2.75) is 45.1 Å². The van der Waals surface area contributed by atoms with E-state index in [1.165, 1.54) is 0 Å². The topological polar surface area (TPSA) is 164 Å². The first-order valence-corrected chi connectivity index (χ1v) is 14.1. The lowest BCUT2D eigenvalue weighted by atomic mass is 10.2. The zero-order valence-electron chi connectivity index (χ0n) is 24.3. The number of rotatable bonds is 12. The summed E-state index contributed by atoms with van der Waals surface area (Å²) in [5.74, 6) is 6.89. The molecule has 42 heavy (non-hydrogen) atoms. The standard InChI is InChI=1S/C29H38N10O3/c1-4-13-30-25-20(18-33-29(35-25)34-21-17-22-26(32-19-21)36-37-27(22)41)10-6-5-7-14-31-28(42)23-11-8-16-39(23)24(40)12-9-15-38(2)3/h9,12,17-19,23H,4-5,7-8,11,13-16H2,1-3H3,(H,31,42)(H2,30,33,34,35)(H2,32,36,37,41)/b12-9+/t23-/m0/s1. The number of aromatic hydroxyl groups is 1. The zero-order valence-corrected chi connectivity index (χ0v) is 24.3. The molecule has 1 atom stereocenters. The number of carbonyl (C=O) groups excluding carboxylic acids is 2. The molecule has 1 saturated heterocycles. The molecule has 3 aromatic rings. The molecule has 13 heteroatoms. The van der Waals surface area contributed by atoms with Crippen LogP contribution in [-0.2, 0) is 9.59 Å². The number of pyridine rings is 1. The van der Waals surface area contributed by atoms with Crippen LogP contribution < -0.4 is 16.0 Å². The number of likely N-dealkylation sites (tertiary alicyclic amines) is 1. The Kier molecular flexibility index (Phi) is 10.7. The number of carbonyl (C=O) groups is 2. The Morgan fingerprint density at radius 2 is 2.12 bits per heavy atom. The van der Waals surface area contributed by atoms with Crippen LogP contribution in [0.5, 0.6) is 5.88 Å². The van der Waals surface area contributed by atoms with E-state index in [4.69, 9.17) is 0 Å². The maximum atomic E-state index is 12.7. The molecule has 0 saturated carbocycles. The second-order valence-corrected chi connectivity index (χ2v) is 10.2. The van der Waals surface area contributed by atoms with Gasteiger partial charge in [0.2, 0.25) is 23.6 Å². The summed E-state index contributed by atoms with van der Waals surface area (Å²) in [7, 11) is 3.87. The minimum absolute atomic E-state index is 0.116. The van der Waals surface area contributed by atoms with Crippen LogP contribution in [0.3, 0.4) is 0 Å². The van der Waals surface area contributed by atoms with Gasteiger partial charge in [-0.1, -0.05) is 24.8 Å². The summed E-state index contributed by atoms with van der Waals surface area (Å²) in [6.07, 6.45) is 10.3. The molecule has 0 spiro atoms. The molecule has 0 radical (unpaired) electrons. The number of anilines is 3. The van der Waals surface area contributed by atoms with Crippen molar-refractivity contribution in [3.05, 3.63) is 36.2 Å². The first-order chi connectivity index (χ1) is 20.4. The van der Waals surface area contributed by atoms with E-state index in [9.17, 15) is 14.7 Å². The smallest absolute Gasteiger partial charge is 0.246 e. The highest BCUT2D eigenvalue weighted by Gasteiger charge is 2.32. The number of hydrogen-bond acceptors (Lipinski definition) is 10. The number of aromatic nitrogens is 5. The highest BCUT2D eigenvalue weighted by Crippen LogP contribution is 2.24. The highest BCUT2D eigenvalue weighted by atomic mass is 16.3. The normalized spacial score (nSPS) is 14.8. The van der Waals surface area contributed by atoms with E-state index in [1.54, 1.807) is 29.4 Å². The number of unbranched alkanes of at least 4 members (excludes halogenated alkanes) is 1. The molecule has 1 fully saturated rings. The van der Waals surface area contributed by atoms with Gasteiger partial charge in [0.15, 0.2) is 5.65 Å². The van der Waals surface area contributed by atoms with Crippen molar-refractivity contribution in [3.8, 4) is 17.7 Å². The highest BCUT2D eigenvalue weighted by molar-refractivity contribution is 5.93. The number of hydrogen-bond donors (Lipinski definition) is 5. The van der Waals surface area contributed by atoms with Crippen molar-refractivity contribution < 1.29 is 14.7 Å². The van der Waals surface area contributed by atoms with Crippen molar-refractivity contribution in [2.24, 2.45) is 0 Å². The molecule has 0 aliphatic carbocycles.